The van der Waals surface area contributed by atoms with Gasteiger partial charge in [-0.3, -0.25) is 4.79 Å². The van der Waals surface area contributed by atoms with E-state index in [-0.39, 0.29) is 11.5 Å². The molecule has 0 saturated carbocycles. The van der Waals surface area contributed by atoms with E-state index < -0.39 is 25.3 Å². The number of nitrogens with zero attached hydrogens (tertiary/aromatic N) is 1. The number of rotatable bonds is 6. The zero-order chi connectivity index (χ0) is 16.0. The lowest BCUT2D eigenvalue weighted by Crippen LogP contribution is -2.31. The van der Waals surface area contributed by atoms with Gasteiger partial charge in [-0.2, -0.15) is 13.2 Å². The van der Waals surface area contributed by atoms with Crippen molar-refractivity contribution in [3.63, 3.8) is 0 Å². The van der Waals surface area contributed by atoms with Crippen LogP contribution in [0.3, 0.4) is 0 Å². The number of hydrogen-bond donors (Lipinski definition) is 1. The van der Waals surface area contributed by atoms with E-state index in [9.17, 15) is 18.0 Å². The van der Waals surface area contributed by atoms with Crippen LogP contribution in [0.2, 0.25) is 0 Å². The minimum Gasteiger partial charge on any atom is -0.389 e. The van der Waals surface area contributed by atoms with E-state index in [0.717, 1.165) is 5.56 Å². The lowest BCUT2D eigenvalue weighted by atomic mass is 10.1. The molecule has 8 heteroatoms. The number of likely N-dealkylation sites (N-methyl/N-ethyl adjacent to an activating group) is 1. The third kappa shape index (κ3) is 6.54. The predicted molar refractivity (Wildman–Crippen MR) is 75.7 cm³/mol. The van der Waals surface area contributed by atoms with Crippen LogP contribution >= 0.6 is 12.2 Å². The van der Waals surface area contributed by atoms with Gasteiger partial charge in [0.05, 0.1) is 0 Å². The van der Waals surface area contributed by atoms with Crippen molar-refractivity contribution < 1.29 is 22.7 Å². The molecule has 116 valence electrons. The number of benzene rings is 1. The van der Waals surface area contributed by atoms with Crippen molar-refractivity contribution in [2.45, 2.75) is 12.7 Å². The van der Waals surface area contributed by atoms with E-state index in [1.165, 1.54) is 11.9 Å². The predicted octanol–water partition coefficient (Wildman–Crippen LogP) is 1.86. The van der Waals surface area contributed by atoms with Crippen molar-refractivity contribution in [1.29, 1.82) is 0 Å². The molecule has 0 bridgehead atoms. The van der Waals surface area contributed by atoms with Crippen LogP contribution in [-0.4, -0.2) is 42.2 Å². The molecular weight excluding hydrogens is 305 g/mol. The maximum Gasteiger partial charge on any atom is 0.411 e. The Hall–Kier alpha value is -1.67. The first-order chi connectivity index (χ1) is 9.69. The molecule has 21 heavy (non-hydrogen) atoms. The molecule has 0 aliphatic heterocycles. The van der Waals surface area contributed by atoms with Gasteiger partial charge < -0.3 is 15.4 Å². The molecule has 0 unspecified atom stereocenters. The zero-order valence-electron chi connectivity index (χ0n) is 11.3. The highest BCUT2D eigenvalue weighted by Gasteiger charge is 2.28. The van der Waals surface area contributed by atoms with Crippen molar-refractivity contribution >= 4 is 23.1 Å². The monoisotopic (exact) mass is 320 g/mol. The van der Waals surface area contributed by atoms with Gasteiger partial charge in [0.1, 0.15) is 18.2 Å². The Kier molecular flexibility index (Phi) is 6.10. The minimum atomic E-state index is -4.44. The SMILES string of the molecule is CN(Cc1cccc(C(N)=S)c1)C(=O)COCC(F)(F)F. The van der Waals surface area contributed by atoms with Crippen LogP contribution in [-0.2, 0) is 16.1 Å². The molecule has 0 aliphatic rings. The number of thiocarbonyl (C=S) groups is 1. The summed E-state index contributed by atoms with van der Waals surface area (Å²) in [6.07, 6.45) is -4.44. The molecule has 0 fully saturated rings. The molecular formula is C13H15F3N2O2S. The highest BCUT2D eigenvalue weighted by atomic mass is 32.1. The number of ether oxygens (including phenoxy) is 1. The smallest absolute Gasteiger partial charge is 0.389 e. The summed E-state index contributed by atoms with van der Waals surface area (Å²) in [5, 5.41) is 0. The molecule has 0 saturated heterocycles. The topological polar surface area (TPSA) is 55.6 Å². The maximum absolute atomic E-state index is 11.9. The summed E-state index contributed by atoms with van der Waals surface area (Å²) in [4.78, 5) is 13.1. The summed E-state index contributed by atoms with van der Waals surface area (Å²) in [6.45, 7) is -1.83. The lowest BCUT2D eigenvalue weighted by Gasteiger charge is -2.18. The fourth-order valence-electron chi connectivity index (χ4n) is 1.55. The van der Waals surface area contributed by atoms with Gasteiger partial charge in [-0.15, -0.1) is 0 Å². The molecule has 0 aliphatic carbocycles. The number of nitrogens with two attached hydrogens (primary N) is 1. The summed E-state index contributed by atoms with van der Waals surface area (Å²) in [7, 11) is 1.48. The normalized spacial score (nSPS) is 11.2. The number of halogens is 3. The first-order valence-corrected chi connectivity index (χ1v) is 6.37. The first kappa shape index (κ1) is 17.4. The highest BCUT2D eigenvalue weighted by Crippen LogP contribution is 2.14. The van der Waals surface area contributed by atoms with Gasteiger partial charge in [0.15, 0.2) is 0 Å². The van der Waals surface area contributed by atoms with Crippen LogP contribution in [0.25, 0.3) is 0 Å². The molecule has 1 amide bonds. The third-order valence-electron chi connectivity index (χ3n) is 2.55. The Labute approximate surface area is 125 Å². The molecule has 0 radical (unpaired) electrons. The van der Waals surface area contributed by atoms with Gasteiger partial charge in [-0.25, -0.2) is 0 Å². The van der Waals surface area contributed by atoms with E-state index in [1.54, 1.807) is 24.3 Å². The highest BCUT2D eigenvalue weighted by molar-refractivity contribution is 7.80. The van der Waals surface area contributed by atoms with Crippen LogP contribution in [0.4, 0.5) is 13.2 Å². The third-order valence-corrected chi connectivity index (χ3v) is 2.78. The average molecular weight is 320 g/mol. The van der Waals surface area contributed by atoms with Crippen molar-refractivity contribution in [1.82, 2.24) is 4.90 Å². The molecule has 0 spiro atoms. The van der Waals surface area contributed by atoms with Crippen LogP contribution in [0.15, 0.2) is 24.3 Å². The van der Waals surface area contributed by atoms with Gasteiger partial charge in [0.2, 0.25) is 5.91 Å². The van der Waals surface area contributed by atoms with Gasteiger partial charge in [0, 0.05) is 19.2 Å². The van der Waals surface area contributed by atoms with E-state index in [0.29, 0.717) is 5.56 Å². The van der Waals surface area contributed by atoms with Crippen LogP contribution in [0.1, 0.15) is 11.1 Å². The Morgan fingerprint density at radius 1 is 1.43 bits per heavy atom. The van der Waals surface area contributed by atoms with Crippen LogP contribution in [0, 0.1) is 0 Å². The number of amides is 1. The van der Waals surface area contributed by atoms with Crippen LogP contribution in [0.5, 0.6) is 0 Å². The number of carbonyl (C=O) groups is 1. The molecule has 2 N–H and O–H groups in total. The molecule has 4 nitrogen and oxygen atoms in total. The standard InChI is InChI=1S/C13H15F3N2O2S/c1-18(11(19)7-20-8-13(14,15)16)6-9-3-2-4-10(5-9)12(17)21/h2-5H,6-8H2,1H3,(H2,17,21). The second kappa shape index (κ2) is 7.37. The zero-order valence-corrected chi connectivity index (χ0v) is 12.1. The van der Waals surface area contributed by atoms with Crippen molar-refractivity contribution in [3.8, 4) is 0 Å². The molecule has 0 aromatic heterocycles. The fourth-order valence-corrected chi connectivity index (χ4v) is 1.68. The Bertz CT molecular complexity index is 520. The van der Waals surface area contributed by atoms with E-state index >= 15 is 0 Å². The van der Waals surface area contributed by atoms with E-state index in [2.05, 4.69) is 4.74 Å². The molecule has 1 aromatic rings. The van der Waals surface area contributed by atoms with Gasteiger partial charge in [-0.1, -0.05) is 30.4 Å². The molecule has 1 aromatic carbocycles. The van der Waals surface area contributed by atoms with Crippen molar-refractivity contribution in [2.24, 2.45) is 5.73 Å². The largest absolute Gasteiger partial charge is 0.411 e. The Morgan fingerprint density at radius 3 is 2.67 bits per heavy atom. The fraction of sp³-hybridized carbons (Fsp3) is 0.385. The quantitative estimate of drug-likeness (QED) is 0.813. The number of alkyl halides is 3. The molecule has 1 rings (SSSR count). The van der Waals surface area contributed by atoms with E-state index in [1.807, 2.05) is 0 Å². The second-order valence-electron chi connectivity index (χ2n) is 4.42. The Morgan fingerprint density at radius 2 is 2.10 bits per heavy atom. The second-order valence-corrected chi connectivity index (χ2v) is 4.86. The van der Waals surface area contributed by atoms with Crippen molar-refractivity contribution in [2.75, 3.05) is 20.3 Å². The summed E-state index contributed by atoms with van der Waals surface area (Å²) in [5.74, 6) is -0.542. The summed E-state index contributed by atoms with van der Waals surface area (Å²) in [6, 6.07) is 6.97. The number of carbonyl (C=O) groups excluding carboxylic acids is 1. The minimum absolute atomic E-state index is 0.227. The van der Waals surface area contributed by atoms with E-state index in [4.69, 9.17) is 18.0 Å². The maximum atomic E-state index is 11.9. The first-order valence-electron chi connectivity index (χ1n) is 5.96. The van der Waals surface area contributed by atoms with Gasteiger partial charge in [0.25, 0.3) is 0 Å². The van der Waals surface area contributed by atoms with Crippen molar-refractivity contribution in [3.05, 3.63) is 35.4 Å². The summed E-state index contributed by atoms with van der Waals surface area (Å²) in [5.41, 5.74) is 6.94. The average Bonchev–Trinajstić information content (AvgIpc) is 2.37. The molecule has 0 heterocycles. The van der Waals surface area contributed by atoms with Crippen LogP contribution < -0.4 is 5.73 Å². The number of hydrogen-bond acceptors (Lipinski definition) is 3. The Balaban J connectivity index is 2.52. The van der Waals surface area contributed by atoms with Gasteiger partial charge in [-0.05, 0) is 11.6 Å². The summed E-state index contributed by atoms with van der Waals surface area (Å²) < 4.78 is 40.0. The lowest BCUT2D eigenvalue weighted by molar-refractivity contribution is -0.177. The molecule has 0 atom stereocenters. The van der Waals surface area contributed by atoms with Gasteiger partial charge >= 0.3 is 6.18 Å². The summed E-state index contributed by atoms with van der Waals surface area (Å²) >= 11 is 4.85.